The van der Waals surface area contributed by atoms with Gasteiger partial charge >= 0.3 is 5.97 Å². The number of benzene rings is 1. The van der Waals surface area contributed by atoms with E-state index in [0.29, 0.717) is 17.8 Å². The first kappa shape index (κ1) is 15.3. The zero-order valence-electron chi connectivity index (χ0n) is 12.2. The molecule has 0 saturated heterocycles. The third-order valence-corrected chi connectivity index (χ3v) is 3.96. The number of fused-ring (bicyclic) bond motifs is 1. The number of rotatable bonds is 4. The summed E-state index contributed by atoms with van der Waals surface area (Å²) >= 11 is 0.985. The van der Waals surface area contributed by atoms with Crippen molar-refractivity contribution in [3.05, 3.63) is 41.2 Å². The number of Topliss-reactive ketones (excluding diaryl/α,β-unsaturated/α-hetero) is 1. The van der Waals surface area contributed by atoms with E-state index < -0.39 is 18.0 Å². The minimum Gasteiger partial charge on any atom is -0.448 e. The quantitative estimate of drug-likeness (QED) is 0.850. The zero-order chi connectivity index (χ0) is 16.4. The molecular weight excluding hydrogens is 318 g/mol. The van der Waals surface area contributed by atoms with Gasteiger partial charge in [0.2, 0.25) is 5.13 Å². The monoisotopic (exact) mass is 331 g/mol. The molecule has 0 bridgehead atoms. The topological polar surface area (TPSA) is 98.2 Å². The summed E-state index contributed by atoms with van der Waals surface area (Å²) in [6, 6.07) is 7.03. The summed E-state index contributed by atoms with van der Waals surface area (Å²) in [6.07, 6.45) is -0.470. The molecule has 23 heavy (non-hydrogen) atoms. The second-order valence-corrected chi connectivity index (χ2v) is 5.89. The molecule has 1 aromatic carbocycles. The lowest BCUT2D eigenvalue weighted by Gasteiger charge is -2.23. The molecule has 0 unspecified atom stereocenters. The van der Waals surface area contributed by atoms with Gasteiger partial charge in [-0.2, -0.15) is 4.37 Å². The van der Waals surface area contributed by atoms with Crippen molar-refractivity contribution in [3.8, 4) is 0 Å². The molecular formula is C15H13N3O4S. The number of nitrogens with zero attached hydrogens (tertiary/aromatic N) is 2. The van der Waals surface area contributed by atoms with E-state index in [4.69, 9.17) is 4.74 Å². The number of ether oxygens (including phenoxy) is 1. The second-order valence-electron chi connectivity index (χ2n) is 5.14. The molecule has 1 amide bonds. The molecule has 3 rings (SSSR count). The number of carbonyl (C=O) groups is 3. The van der Waals surface area contributed by atoms with E-state index in [0.717, 1.165) is 17.1 Å². The number of hydrogen-bond donors (Lipinski definition) is 1. The van der Waals surface area contributed by atoms with Crippen molar-refractivity contribution < 1.29 is 19.1 Å². The number of hydrogen-bond acceptors (Lipinski definition) is 7. The van der Waals surface area contributed by atoms with Crippen molar-refractivity contribution in [1.29, 1.82) is 0 Å². The Labute approximate surface area is 135 Å². The molecule has 8 heteroatoms. The summed E-state index contributed by atoms with van der Waals surface area (Å²) in [6.45, 7) is 1.44. The first-order valence-electron chi connectivity index (χ1n) is 6.94. The first-order valence-corrected chi connectivity index (χ1v) is 7.72. The predicted molar refractivity (Wildman–Crippen MR) is 82.3 cm³/mol. The number of anilines is 1. The van der Waals surface area contributed by atoms with Crippen LogP contribution in [0.3, 0.4) is 0 Å². The molecule has 1 atom stereocenters. The van der Waals surface area contributed by atoms with Gasteiger partial charge in [0.25, 0.3) is 5.91 Å². The second kappa shape index (κ2) is 6.25. The van der Waals surface area contributed by atoms with Crippen molar-refractivity contribution in [3.63, 3.8) is 0 Å². The minimum atomic E-state index is -0.905. The average Bonchev–Trinajstić information content (AvgIpc) is 2.93. The molecule has 118 valence electrons. The third-order valence-electron chi connectivity index (χ3n) is 3.29. The van der Waals surface area contributed by atoms with Crippen LogP contribution < -0.4 is 5.32 Å². The van der Waals surface area contributed by atoms with Crippen LogP contribution in [0.2, 0.25) is 0 Å². The van der Waals surface area contributed by atoms with Gasteiger partial charge in [0.15, 0.2) is 11.9 Å². The van der Waals surface area contributed by atoms with Crippen molar-refractivity contribution in [2.75, 3.05) is 5.32 Å². The highest BCUT2D eigenvalue weighted by atomic mass is 32.1. The highest BCUT2D eigenvalue weighted by molar-refractivity contribution is 7.09. The molecule has 0 fully saturated rings. The fourth-order valence-corrected chi connectivity index (χ4v) is 2.85. The standard InChI is InChI=1S/C15H13N3O4S/c1-8(19)6-12-16-15(23-18-12)17-13(20)11-7-9-4-2-3-5-10(9)14(21)22-11/h2-5,11H,6-7H2,1H3,(H,16,17,18,20)/t11-/m1/s1. The Hall–Kier alpha value is -2.61. The Balaban J connectivity index is 1.69. The molecule has 1 N–H and O–H groups in total. The number of esters is 1. The van der Waals surface area contributed by atoms with Crippen LogP contribution in [0, 0.1) is 0 Å². The Kier molecular flexibility index (Phi) is 4.16. The summed E-state index contributed by atoms with van der Waals surface area (Å²) in [5.74, 6) is -0.665. The van der Waals surface area contributed by atoms with Crippen LogP contribution in [0.5, 0.6) is 0 Å². The van der Waals surface area contributed by atoms with E-state index in [1.54, 1.807) is 18.2 Å². The van der Waals surface area contributed by atoms with Crippen LogP contribution in [0.4, 0.5) is 5.13 Å². The molecule has 7 nitrogen and oxygen atoms in total. The largest absolute Gasteiger partial charge is 0.448 e. The lowest BCUT2D eigenvalue weighted by atomic mass is 9.98. The molecule has 1 aliphatic heterocycles. The average molecular weight is 331 g/mol. The Morgan fingerprint density at radius 3 is 2.96 bits per heavy atom. The maximum atomic E-state index is 12.2. The fraction of sp³-hybridized carbons (Fsp3) is 0.267. The number of nitrogens with one attached hydrogen (secondary N) is 1. The number of carbonyl (C=O) groups excluding carboxylic acids is 3. The lowest BCUT2D eigenvalue weighted by Crippen LogP contribution is -2.37. The van der Waals surface area contributed by atoms with Crippen LogP contribution >= 0.6 is 11.5 Å². The third kappa shape index (κ3) is 3.42. The van der Waals surface area contributed by atoms with E-state index in [-0.39, 0.29) is 17.3 Å². The van der Waals surface area contributed by atoms with Gasteiger partial charge in [-0.05, 0) is 18.6 Å². The first-order chi connectivity index (χ1) is 11.0. The van der Waals surface area contributed by atoms with Gasteiger partial charge < -0.3 is 4.74 Å². The molecule has 0 spiro atoms. The van der Waals surface area contributed by atoms with E-state index in [1.807, 2.05) is 6.07 Å². The van der Waals surface area contributed by atoms with Gasteiger partial charge in [-0.15, -0.1) is 0 Å². The van der Waals surface area contributed by atoms with Crippen molar-refractivity contribution >= 4 is 34.3 Å². The van der Waals surface area contributed by atoms with Gasteiger partial charge in [0.1, 0.15) is 5.78 Å². The molecule has 0 aliphatic carbocycles. The van der Waals surface area contributed by atoms with Crippen molar-refractivity contribution in [2.45, 2.75) is 25.9 Å². The molecule has 2 aromatic rings. The summed E-state index contributed by atoms with van der Waals surface area (Å²) in [4.78, 5) is 39.2. The Bertz CT molecular complexity index is 787. The van der Waals surface area contributed by atoms with Crippen LogP contribution in [-0.2, 0) is 27.2 Å². The number of aromatic nitrogens is 2. The van der Waals surface area contributed by atoms with Crippen LogP contribution in [0.25, 0.3) is 0 Å². The summed E-state index contributed by atoms with van der Waals surface area (Å²) in [5, 5.41) is 2.85. The summed E-state index contributed by atoms with van der Waals surface area (Å²) in [5.41, 5.74) is 1.26. The molecule has 0 radical (unpaired) electrons. The highest BCUT2D eigenvalue weighted by Crippen LogP contribution is 2.22. The van der Waals surface area contributed by atoms with Crippen LogP contribution in [-0.4, -0.2) is 33.1 Å². The van der Waals surface area contributed by atoms with E-state index in [9.17, 15) is 14.4 Å². The fourth-order valence-electron chi connectivity index (χ4n) is 2.26. The molecule has 0 saturated carbocycles. The van der Waals surface area contributed by atoms with E-state index >= 15 is 0 Å². The summed E-state index contributed by atoms with van der Waals surface area (Å²) < 4.78 is 9.16. The van der Waals surface area contributed by atoms with E-state index in [1.165, 1.54) is 6.92 Å². The van der Waals surface area contributed by atoms with Gasteiger partial charge in [0, 0.05) is 18.0 Å². The number of amides is 1. The van der Waals surface area contributed by atoms with Crippen molar-refractivity contribution in [2.24, 2.45) is 0 Å². The zero-order valence-corrected chi connectivity index (χ0v) is 13.1. The van der Waals surface area contributed by atoms with Gasteiger partial charge in [-0.25, -0.2) is 9.78 Å². The molecule has 1 aromatic heterocycles. The highest BCUT2D eigenvalue weighted by Gasteiger charge is 2.31. The smallest absolute Gasteiger partial charge is 0.339 e. The van der Waals surface area contributed by atoms with E-state index in [2.05, 4.69) is 14.7 Å². The Morgan fingerprint density at radius 1 is 1.39 bits per heavy atom. The molecule has 2 heterocycles. The summed E-state index contributed by atoms with van der Waals surface area (Å²) in [7, 11) is 0. The van der Waals surface area contributed by atoms with Crippen molar-refractivity contribution in [1.82, 2.24) is 9.36 Å². The SMILES string of the molecule is CC(=O)Cc1nsc(NC(=O)[C@H]2Cc3ccccc3C(=O)O2)n1. The lowest BCUT2D eigenvalue weighted by molar-refractivity contribution is -0.125. The minimum absolute atomic E-state index is 0.0569. The Morgan fingerprint density at radius 2 is 2.17 bits per heavy atom. The number of ketones is 1. The number of cyclic esters (lactones) is 1. The van der Waals surface area contributed by atoms with Crippen LogP contribution in [0.15, 0.2) is 24.3 Å². The maximum absolute atomic E-state index is 12.2. The maximum Gasteiger partial charge on any atom is 0.339 e. The van der Waals surface area contributed by atoms with Gasteiger partial charge in [-0.1, -0.05) is 18.2 Å². The van der Waals surface area contributed by atoms with Gasteiger partial charge in [0.05, 0.1) is 12.0 Å². The molecule has 1 aliphatic rings. The van der Waals surface area contributed by atoms with Gasteiger partial charge in [-0.3, -0.25) is 14.9 Å². The predicted octanol–water partition coefficient (Wildman–Crippen LogP) is 1.39. The van der Waals surface area contributed by atoms with Crippen LogP contribution in [0.1, 0.15) is 28.7 Å². The normalized spacial score (nSPS) is 16.4.